The van der Waals surface area contributed by atoms with Crippen LogP contribution in [0.2, 0.25) is 0 Å². The predicted octanol–water partition coefficient (Wildman–Crippen LogP) is 24.7. The third-order valence-corrected chi connectivity index (χ3v) is 23.3. The number of fused-ring (bicyclic) bond motifs is 13. The quantitative estimate of drug-likeness (QED) is 0.120. The minimum absolute atomic E-state index is 0.341. The Labute approximate surface area is 627 Å². The molecule has 4 nitrogen and oxygen atoms in total. The van der Waals surface area contributed by atoms with E-state index in [-0.39, 0.29) is 6.71 Å². The fraction of sp³-hybridized carbons (Fsp3) is 0.00971. The average molecular weight is 1370 g/mol. The van der Waals surface area contributed by atoms with Crippen LogP contribution in [-0.4, -0.2) is 15.8 Å². The summed E-state index contributed by atoms with van der Waals surface area (Å²) in [6, 6.07) is 153. The van der Waals surface area contributed by atoms with Crippen LogP contribution in [0.3, 0.4) is 0 Å². The summed E-state index contributed by atoms with van der Waals surface area (Å²) in [7, 11) is 0. The maximum Gasteiger partial charge on any atom is 0.252 e. The molecule has 0 fully saturated rings. The molecule has 2 aromatic heterocycles. The van der Waals surface area contributed by atoms with E-state index in [0.717, 1.165) is 123 Å². The summed E-state index contributed by atoms with van der Waals surface area (Å²) < 4.78 is 5.02. The van der Waals surface area contributed by atoms with Crippen molar-refractivity contribution in [1.82, 2.24) is 9.13 Å². The molecule has 0 unspecified atom stereocenters. The van der Waals surface area contributed by atoms with E-state index in [0.29, 0.717) is 0 Å². The second kappa shape index (κ2) is 24.6. The average Bonchev–Trinajstić information content (AvgIpc) is 1.02. The Morgan fingerprint density at radius 3 is 0.991 bits per heavy atom. The van der Waals surface area contributed by atoms with Gasteiger partial charge in [-0.25, -0.2) is 0 Å². The Morgan fingerprint density at radius 2 is 0.565 bits per heavy atom. The minimum atomic E-state index is -0.652. The Morgan fingerprint density at radius 1 is 0.213 bits per heavy atom. The lowest BCUT2D eigenvalue weighted by molar-refractivity contribution is 0.769. The van der Waals surface area contributed by atoms with Crippen molar-refractivity contribution in [3.05, 3.63) is 429 Å². The summed E-state index contributed by atoms with van der Waals surface area (Å²) in [5.74, 6) is 0. The van der Waals surface area contributed by atoms with E-state index in [1.54, 1.807) is 0 Å². The summed E-state index contributed by atoms with van der Waals surface area (Å²) in [5.41, 5.74) is 35.1. The number of para-hydroxylation sites is 6. The van der Waals surface area contributed by atoms with Crippen molar-refractivity contribution >= 4 is 101 Å². The molecule has 502 valence electrons. The molecule has 5 heteroatoms. The molecule has 0 radical (unpaired) electrons. The Hall–Kier alpha value is -14.0. The van der Waals surface area contributed by atoms with Crippen molar-refractivity contribution in [1.29, 1.82) is 0 Å². The number of anilines is 6. The first-order chi connectivity index (χ1) is 53.6. The molecule has 108 heavy (non-hydrogen) atoms. The maximum atomic E-state index is 2.72. The second-order valence-corrected chi connectivity index (χ2v) is 28.9. The largest absolute Gasteiger partial charge is 0.310 e. The molecule has 17 aromatic carbocycles. The van der Waals surface area contributed by atoms with E-state index in [1.165, 1.54) is 71.3 Å². The number of nitrogens with zero attached hydrogens (tertiary/aromatic N) is 4. The van der Waals surface area contributed by atoms with E-state index >= 15 is 0 Å². The lowest BCUT2D eigenvalue weighted by Crippen LogP contribution is -2.61. The zero-order chi connectivity index (χ0) is 71.0. The van der Waals surface area contributed by atoms with Crippen LogP contribution in [0.15, 0.2) is 406 Å². The zero-order valence-electron chi connectivity index (χ0n) is 59.0. The van der Waals surface area contributed by atoms with Crippen LogP contribution in [0.5, 0.6) is 0 Å². The molecule has 0 atom stereocenters. The number of hydrogen-bond donors (Lipinski definition) is 0. The molecule has 3 aliphatic rings. The third kappa shape index (κ3) is 9.19. The summed E-state index contributed by atoms with van der Waals surface area (Å²) >= 11 is 0. The van der Waals surface area contributed by atoms with Gasteiger partial charge in [0.2, 0.25) is 0 Å². The fourth-order valence-electron chi connectivity index (χ4n) is 18.9. The monoisotopic (exact) mass is 1370 g/mol. The fourth-order valence-corrected chi connectivity index (χ4v) is 18.9. The topological polar surface area (TPSA) is 16.3 Å². The van der Waals surface area contributed by atoms with Gasteiger partial charge in [0, 0.05) is 77.9 Å². The highest BCUT2D eigenvalue weighted by Gasteiger charge is 2.49. The van der Waals surface area contributed by atoms with Gasteiger partial charge in [-0.2, -0.15) is 0 Å². The summed E-state index contributed by atoms with van der Waals surface area (Å²) in [4.78, 5) is 5.44. The van der Waals surface area contributed by atoms with Gasteiger partial charge in [-0.3, -0.25) is 0 Å². The summed E-state index contributed by atoms with van der Waals surface area (Å²) in [5, 5.41) is 4.73. The van der Waals surface area contributed by atoms with Crippen LogP contribution in [-0.2, 0) is 5.41 Å². The first-order valence-corrected chi connectivity index (χ1v) is 37.5. The van der Waals surface area contributed by atoms with Gasteiger partial charge in [0.1, 0.15) is 0 Å². The van der Waals surface area contributed by atoms with Crippen molar-refractivity contribution < 1.29 is 0 Å². The van der Waals surface area contributed by atoms with E-state index in [1.807, 2.05) is 0 Å². The van der Waals surface area contributed by atoms with E-state index in [9.17, 15) is 0 Å². The van der Waals surface area contributed by atoms with Crippen LogP contribution < -0.4 is 26.2 Å². The van der Waals surface area contributed by atoms with Crippen LogP contribution >= 0.6 is 0 Å². The predicted molar refractivity (Wildman–Crippen MR) is 454 cm³/mol. The second-order valence-electron chi connectivity index (χ2n) is 28.9. The standard InChI is InChI=1S/C103H67BN4/c1-9-33-68(34-10-1)78-52-31-53-79(69-35-11-2-12-36-69)101(78)107-96-64-86-84-50-26-29-57-92(84)105(76-45-21-7-22-46-76)94(86)66-90(96)104-91-67-95-87(85-51-27-30-58-93(85)106(95)77-47-23-8-24-48-77)65-97(91)108(102-80(70-37-13-3-14-38-70)54-32-55-81(102)71-39-15-4-16-40-71)99-63-73(62-98(107)100(99)104)72-59-60-83-82-49-25-28-56-88(82)103(89(83)61-72,74-41-17-5-18-42-74)75-43-19-6-20-44-75/h1-67H. The van der Waals surface area contributed by atoms with Gasteiger partial charge in [-0.15, -0.1) is 0 Å². The normalized spacial score (nSPS) is 13.0. The van der Waals surface area contributed by atoms with Gasteiger partial charge < -0.3 is 18.9 Å². The van der Waals surface area contributed by atoms with E-state index in [4.69, 9.17) is 0 Å². The summed E-state index contributed by atoms with van der Waals surface area (Å²) in [6.07, 6.45) is 0. The molecular weight excluding hydrogens is 1300 g/mol. The highest BCUT2D eigenvalue weighted by Crippen LogP contribution is 2.59. The minimum Gasteiger partial charge on any atom is -0.310 e. The third-order valence-electron chi connectivity index (χ3n) is 23.3. The molecule has 0 N–H and O–H groups in total. The highest BCUT2D eigenvalue weighted by molar-refractivity contribution is 7.00. The molecule has 1 aliphatic carbocycles. The lowest BCUT2D eigenvalue weighted by Gasteiger charge is -2.46. The van der Waals surface area contributed by atoms with Crippen molar-refractivity contribution in [3.8, 4) is 78.1 Å². The molecule has 0 amide bonds. The number of benzene rings is 17. The molecule has 22 rings (SSSR count). The number of rotatable bonds is 11. The first-order valence-electron chi connectivity index (χ1n) is 37.5. The van der Waals surface area contributed by atoms with Gasteiger partial charge in [0.05, 0.1) is 38.9 Å². The lowest BCUT2D eigenvalue weighted by atomic mass is 9.33. The Balaban J connectivity index is 0.953. The molecule has 19 aromatic rings. The molecule has 0 saturated carbocycles. The molecule has 0 saturated heterocycles. The molecular formula is C103H67BN4. The van der Waals surface area contributed by atoms with Gasteiger partial charge in [-0.1, -0.05) is 328 Å². The van der Waals surface area contributed by atoms with Gasteiger partial charge in [0.15, 0.2) is 0 Å². The van der Waals surface area contributed by atoms with Crippen molar-refractivity contribution in [2.24, 2.45) is 0 Å². The smallest absolute Gasteiger partial charge is 0.252 e. The van der Waals surface area contributed by atoms with Crippen molar-refractivity contribution in [2.75, 3.05) is 9.80 Å². The van der Waals surface area contributed by atoms with Crippen LogP contribution in [0.25, 0.3) is 122 Å². The van der Waals surface area contributed by atoms with Crippen LogP contribution in [0, 0.1) is 0 Å². The summed E-state index contributed by atoms with van der Waals surface area (Å²) in [6.45, 7) is -0.341. The Kier molecular flexibility index (Phi) is 14.0. The SMILES string of the molecule is c1ccc(-c2cccc(-c3ccccc3)c2N2c3cc4c5ccccc5n(-c5ccccc5)c4cc3B3c4cc5c(cc4N(c4c(-c6ccccc6)cccc4-c4ccccc4)c4cc(-c6ccc7c(c6)C(c6ccccc6)(c6ccccc6)c6ccccc6-7)cc2c43)c2ccccc2n5-c2ccccc2)cc1. The van der Waals surface area contributed by atoms with E-state index < -0.39 is 5.41 Å². The van der Waals surface area contributed by atoms with Gasteiger partial charge in [0.25, 0.3) is 6.71 Å². The highest BCUT2D eigenvalue weighted by atomic mass is 15.2. The zero-order valence-corrected chi connectivity index (χ0v) is 59.0. The van der Waals surface area contributed by atoms with Gasteiger partial charge in [-0.05, 0) is 162 Å². The molecule has 0 bridgehead atoms. The van der Waals surface area contributed by atoms with Crippen molar-refractivity contribution in [2.45, 2.75) is 5.41 Å². The van der Waals surface area contributed by atoms with Crippen LogP contribution in [0.1, 0.15) is 22.3 Å². The van der Waals surface area contributed by atoms with Crippen LogP contribution in [0.4, 0.5) is 34.1 Å². The first kappa shape index (κ1) is 61.5. The molecule has 4 heterocycles. The van der Waals surface area contributed by atoms with Gasteiger partial charge >= 0.3 is 0 Å². The molecule has 2 aliphatic heterocycles. The Bertz CT molecular complexity index is 6300. The maximum absolute atomic E-state index is 2.72. The van der Waals surface area contributed by atoms with E-state index in [2.05, 4.69) is 425 Å². The number of hydrogen-bond acceptors (Lipinski definition) is 2. The molecule has 0 spiro atoms. The number of aromatic nitrogens is 2. The van der Waals surface area contributed by atoms with Crippen molar-refractivity contribution in [3.63, 3.8) is 0 Å².